The van der Waals surface area contributed by atoms with Crippen molar-refractivity contribution in [3.05, 3.63) is 0 Å². The van der Waals surface area contributed by atoms with Gasteiger partial charge in [0.25, 0.3) is 0 Å². The van der Waals surface area contributed by atoms with Gasteiger partial charge in [-0.1, -0.05) is 0 Å². The molecular weight excluding hydrogens is 268 g/mol. The summed E-state index contributed by atoms with van der Waals surface area (Å²) in [5.41, 5.74) is -0.660. The minimum absolute atomic E-state index is 0.200. The highest BCUT2D eigenvalue weighted by molar-refractivity contribution is 5.80. The van der Waals surface area contributed by atoms with Crippen LogP contribution in [0, 0.1) is 0 Å². The lowest BCUT2D eigenvalue weighted by Crippen LogP contribution is -2.56. The van der Waals surface area contributed by atoms with Gasteiger partial charge in [0.1, 0.15) is 5.54 Å². The van der Waals surface area contributed by atoms with Crippen molar-refractivity contribution in [2.75, 3.05) is 27.3 Å². The van der Waals surface area contributed by atoms with Gasteiger partial charge in [0.05, 0.1) is 13.2 Å². The maximum Gasteiger partial charge on any atom is 0.325 e. The lowest BCUT2D eigenvalue weighted by molar-refractivity contribution is -0.149. The largest absolute Gasteiger partial charge is 0.468 e. The van der Waals surface area contributed by atoms with Crippen LogP contribution >= 0.6 is 0 Å². The van der Waals surface area contributed by atoms with Gasteiger partial charge in [-0.2, -0.15) is 0 Å². The first-order chi connectivity index (χ1) is 9.78. The van der Waals surface area contributed by atoms with E-state index in [0.717, 1.165) is 26.0 Å². The Morgan fingerprint density at radius 1 is 1.48 bits per heavy atom. The fraction of sp³-hybridized carbons (Fsp3) is 0.938. The van der Waals surface area contributed by atoms with Crippen LogP contribution in [0.5, 0.6) is 0 Å². The molecule has 1 saturated heterocycles. The average molecular weight is 300 g/mol. The van der Waals surface area contributed by atoms with Crippen LogP contribution in [-0.4, -0.2) is 61.9 Å². The molecule has 0 bridgehead atoms. The highest BCUT2D eigenvalue weighted by Crippen LogP contribution is 2.20. The van der Waals surface area contributed by atoms with Crippen LogP contribution in [0.25, 0.3) is 0 Å². The highest BCUT2D eigenvalue weighted by Gasteiger charge is 2.37. The molecule has 5 nitrogen and oxygen atoms in total. The standard InChI is InChI=1S/C16H32N2O3/c1-12(2)17-16(4,15(19)20-6)10-13(3)18(5)11-14-8-7-9-21-14/h12-14,17H,7-11H2,1-6H3. The predicted molar refractivity (Wildman–Crippen MR) is 84.4 cm³/mol. The third-order valence-corrected chi connectivity index (χ3v) is 4.21. The number of likely N-dealkylation sites (N-methyl/N-ethyl adjacent to an activating group) is 1. The number of methoxy groups -OCH3 is 1. The van der Waals surface area contributed by atoms with Gasteiger partial charge < -0.3 is 14.4 Å². The van der Waals surface area contributed by atoms with E-state index in [4.69, 9.17) is 9.47 Å². The SMILES string of the molecule is COC(=O)C(C)(CC(C)N(C)CC1CCCO1)NC(C)C. The summed E-state index contributed by atoms with van der Waals surface area (Å²) >= 11 is 0. The third-order valence-electron chi connectivity index (χ3n) is 4.21. The predicted octanol–water partition coefficient (Wildman–Crippen LogP) is 1.81. The van der Waals surface area contributed by atoms with E-state index in [1.54, 1.807) is 0 Å². The molecule has 3 unspecified atom stereocenters. The van der Waals surface area contributed by atoms with Crippen molar-refractivity contribution in [2.45, 2.75) is 70.7 Å². The molecule has 21 heavy (non-hydrogen) atoms. The van der Waals surface area contributed by atoms with E-state index >= 15 is 0 Å². The molecule has 1 fully saturated rings. The van der Waals surface area contributed by atoms with Crippen LogP contribution in [0.2, 0.25) is 0 Å². The van der Waals surface area contributed by atoms with Gasteiger partial charge in [-0.25, -0.2) is 0 Å². The van der Waals surface area contributed by atoms with E-state index in [-0.39, 0.29) is 18.1 Å². The Morgan fingerprint density at radius 2 is 2.14 bits per heavy atom. The summed E-state index contributed by atoms with van der Waals surface area (Å²) in [6.45, 7) is 9.96. The quantitative estimate of drug-likeness (QED) is 0.693. The number of ether oxygens (including phenoxy) is 2. The van der Waals surface area contributed by atoms with Crippen molar-refractivity contribution in [2.24, 2.45) is 0 Å². The fourth-order valence-corrected chi connectivity index (χ4v) is 3.10. The molecule has 0 radical (unpaired) electrons. The Bertz CT molecular complexity index is 329. The number of esters is 1. The number of nitrogens with one attached hydrogen (secondary N) is 1. The molecule has 1 N–H and O–H groups in total. The number of hydrogen-bond donors (Lipinski definition) is 1. The summed E-state index contributed by atoms with van der Waals surface area (Å²) in [6.07, 6.45) is 3.33. The molecular formula is C16H32N2O3. The molecule has 0 aromatic carbocycles. The maximum absolute atomic E-state index is 12.1. The fourth-order valence-electron chi connectivity index (χ4n) is 3.10. The first kappa shape index (κ1) is 18.4. The van der Waals surface area contributed by atoms with E-state index in [2.05, 4.69) is 24.2 Å². The Morgan fingerprint density at radius 3 is 2.62 bits per heavy atom. The molecule has 0 amide bonds. The molecule has 1 rings (SSSR count). The number of carbonyl (C=O) groups excluding carboxylic acids is 1. The van der Waals surface area contributed by atoms with Crippen molar-refractivity contribution in [1.29, 1.82) is 0 Å². The molecule has 0 saturated carbocycles. The minimum atomic E-state index is -0.660. The summed E-state index contributed by atoms with van der Waals surface area (Å²) in [6, 6.07) is 0.495. The van der Waals surface area contributed by atoms with Crippen molar-refractivity contribution >= 4 is 5.97 Å². The number of carbonyl (C=O) groups is 1. The summed E-state index contributed by atoms with van der Waals surface area (Å²) in [7, 11) is 3.54. The maximum atomic E-state index is 12.1. The van der Waals surface area contributed by atoms with E-state index in [1.165, 1.54) is 7.11 Å². The molecule has 0 aromatic heterocycles. The van der Waals surface area contributed by atoms with Crippen molar-refractivity contribution < 1.29 is 14.3 Å². The smallest absolute Gasteiger partial charge is 0.325 e. The van der Waals surface area contributed by atoms with Crippen molar-refractivity contribution in [3.63, 3.8) is 0 Å². The first-order valence-corrected chi connectivity index (χ1v) is 7.96. The number of rotatable bonds is 8. The number of nitrogens with zero attached hydrogens (tertiary/aromatic N) is 1. The van der Waals surface area contributed by atoms with Crippen molar-refractivity contribution in [1.82, 2.24) is 10.2 Å². The topological polar surface area (TPSA) is 50.8 Å². The van der Waals surface area contributed by atoms with Gasteiger partial charge >= 0.3 is 5.97 Å². The van der Waals surface area contributed by atoms with Gasteiger partial charge in [-0.05, 0) is 54.0 Å². The molecule has 1 aliphatic rings. The van der Waals surface area contributed by atoms with Gasteiger partial charge in [0.2, 0.25) is 0 Å². The number of hydrogen-bond acceptors (Lipinski definition) is 5. The molecule has 0 aliphatic carbocycles. The lowest BCUT2D eigenvalue weighted by Gasteiger charge is -2.36. The van der Waals surface area contributed by atoms with Crippen LogP contribution < -0.4 is 5.32 Å². The summed E-state index contributed by atoms with van der Waals surface area (Å²) in [4.78, 5) is 14.4. The average Bonchev–Trinajstić information content (AvgIpc) is 2.89. The van der Waals surface area contributed by atoms with Gasteiger partial charge in [-0.15, -0.1) is 0 Å². The summed E-state index contributed by atoms with van der Waals surface area (Å²) < 4.78 is 10.7. The Labute approximate surface area is 129 Å². The van der Waals surface area contributed by atoms with E-state index in [9.17, 15) is 4.79 Å². The first-order valence-electron chi connectivity index (χ1n) is 7.96. The lowest BCUT2D eigenvalue weighted by atomic mass is 9.92. The Kier molecular flexibility index (Phi) is 7.10. The van der Waals surface area contributed by atoms with E-state index < -0.39 is 5.54 Å². The highest BCUT2D eigenvalue weighted by atomic mass is 16.5. The van der Waals surface area contributed by atoms with E-state index in [0.29, 0.717) is 12.5 Å². The second-order valence-corrected chi connectivity index (χ2v) is 6.75. The zero-order valence-electron chi connectivity index (χ0n) is 14.4. The van der Waals surface area contributed by atoms with E-state index in [1.807, 2.05) is 20.8 Å². The molecule has 5 heteroatoms. The zero-order valence-corrected chi connectivity index (χ0v) is 14.4. The monoisotopic (exact) mass is 300 g/mol. The second kappa shape index (κ2) is 8.11. The molecule has 0 spiro atoms. The summed E-state index contributed by atoms with van der Waals surface area (Å²) in [5, 5.41) is 3.35. The Hall–Kier alpha value is -0.650. The van der Waals surface area contributed by atoms with Gasteiger partial charge in [-0.3, -0.25) is 10.1 Å². The van der Waals surface area contributed by atoms with Crippen LogP contribution in [0.4, 0.5) is 0 Å². The third kappa shape index (κ3) is 5.57. The second-order valence-electron chi connectivity index (χ2n) is 6.75. The molecule has 3 atom stereocenters. The van der Waals surface area contributed by atoms with Crippen LogP contribution in [-0.2, 0) is 14.3 Å². The summed E-state index contributed by atoms with van der Waals surface area (Å²) in [5.74, 6) is -0.200. The molecule has 1 heterocycles. The Balaban J connectivity index is 2.61. The minimum Gasteiger partial charge on any atom is -0.468 e. The zero-order chi connectivity index (χ0) is 16.0. The van der Waals surface area contributed by atoms with Gasteiger partial charge in [0, 0.05) is 25.2 Å². The normalized spacial score (nSPS) is 23.3. The molecule has 0 aromatic rings. The van der Waals surface area contributed by atoms with Crippen LogP contribution in [0.3, 0.4) is 0 Å². The van der Waals surface area contributed by atoms with Crippen molar-refractivity contribution in [3.8, 4) is 0 Å². The van der Waals surface area contributed by atoms with Crippen LogP contribution in [0.15, 0.2) is 0 Å². The van der Waals surface area contributed by atoms with Gasteiger partial charge in [0.15, 0.2) is 0 Å². The van der Waals surface area contributed by atoms with Crippen LogP contribution in [0.1, 0.15) is 47.0 Å². The molecule has 124 valence electrons. The molecule has 1 aliphatic heterocycles.